The summed E-state index contributed by atoms with van der Waals surface area (Å²) in [5.41, 5.74) is 18.5. The zero-order valence-corrected chi connectivity index (χ0v) is 37.7. The van der Waals surface area contributed by atoms with Crippen molar-refractivity contribution in [2.45, 2.75) is 31.7 Å². The molecule has 0 aliphatic heterocycles. The molecule has 1 heterocycles. The van der Waals surface area contributed by atoms with Gasteiger partial charge in [0.25, 0.3) is 0 Å². The van der Waals surface area contributed by atoms with Gasteiger partial charge in [-0.05, 0) is 144 Å². The zero-order valence-electron chi connectivity index (χ0n) is 37.7. The minimum atomic E-state index is -0.0357. The number of nitrogens with zero attached hydrogens (tertiary/aromatic N) is 2. The van der Waals surface area contributed by atoms with Gasteiger partial charge in [0.15, 0.2) is 0 Å². The van der Waals surface area contributed by atoms with Gasteiger partial charge >= 0.3 is 0 Å². The molecule has 10 aromatic carbocycles. The number of benzene rings is 10. The van der Waals surface area contributed by atoms with Crippen molar-refractivity contribution >= 4 is 60.4 Å². The highest BCUT2D eigenvalue weighted by Gasteiger charge is 2.35. The maximum absolute atomic E-state index is 2.52. The normalized spacial score (nSPS) is 14.8. The van der Waals surface area contributed by atoms with Crippen LogP contribution in [0.3, 0.4) is 0 Å². The van der Waals surface area contributed by atoms with Crippen LogP contribution in [0.5, 0.6) is 0 Å². The van der Waals surface area contributed by atoms with Crippen molar-refractivity contribution in [2.75, 3.05) is 4.90 Å². The lowest BCUT2D eigenvalue weighted by Gasteiger charge is -2.27. The van der Waals surface area contributed by atoms with Crippen molar-refractivity contribution in [3.05, 3.63) is 248 Å². The van der Waals surface area contributed by atoms with Gasteiger partial charge in [0, 0.05) is 44.3 Å². The highest BCUT2D eigenvalue weighted by atomic mass is 15.1. The van der Waals surface area contributed by atoms with E-state index in [0.717, 1.165) is 23.5 Å². The van der Waals surface area contributed by atoms with E-state index < -0.39 is 0 Å². The van der Waals surface area contributed by atoms with Gasteiger partial charge in [0.2, 0.25) is 0 Å². The maximum Gasteiger partial charge on any atom is 0.0560 e. The molecule has 2 heteroatoms. The molecule has 0 amide bonds. The smallest absolute Gasteiger partial charge is 0.0560 e. The molecule has 1 aromatic heterocycles. The predicted octanol–water partition coefficient (Wildman–Crippen LogP) is 17.9. The summed E-state index contributed by atoms with van der Waals surface area (Å²) in [6.07, 6.45) is 9.93. The third kappa shape index (κ3) is 6.39. The summed E-state index contributed by atoms with van der Waals surface area (Å²) < 4.78 is 2.52. The lowest BCUT2D eigenvalue weighted by atomic mass is 9.82. The van der Waals surface area contributed by atoms with Crippen LogP contribution in [0.15, 0.2) is 237 Å². The molecule has 0 spiro atoms. The number of hydrogen-bond donors (Lipinski definition) is 0. The fourth-order valence-electron chi connectivity index (χ4n) is 11.4. The molecular weight excluding hydrogens is 809 g/mol. The van der Waals surface area contributed by atoms with Gasteiger partial charge in [-0.25, -0.2) is 0 Å². The molecule has 2 aliphatic rings. The molecule has 0 saturated carbocycles. The van der Waals surface area contributed by atoms with Crippen molar-refractivity contribution in [3.8, 4) is 44.5 Å². The number of hydrogen-bond acceptors (Lipinski definition) is 1. The van der Waals surface area contributed by atoms with Gasteiger partial charge in [0.05, 0.1) is 6.04 Å². The average Bonchev–Trinajstić information content (AvgIpc) is 3.84. The van der Waals surface area contributed by atoms with Crippen LogP contribution in [0.25, 0.3) is 87.9 Å². The Kier molecular flexibility index (Phi) is 9.05. The Morgan fingerprint density at radius 1 is 0.403 bits per heavy atom. The summed E-state index contributed by atoms with van der Waals surface area (Å²) in [4.78, 5) is 2.42. The first-order valence-corrected chi connectivity index (χ1v) is 23.6. The van der Waals surface area contributed by atoms with E-state index in [-0.39, 0.29) is 11.5 Å². The largest absolute Gasteiger partial charge is 0.333 e. The van der Waals surface area contributed by atoms with Gasteiger partial charge in [-0.15, -0.1) is 0 Å². The predicted molar refractivity (Wildman–Crippen MR) is 285 cm³/mol. The van der Waals surface area contributed by atoms with Crippen LogP contribution >= 0.6 is 0 Å². The Labute approximate surface area is 392 Å². The van der Waals surface area contributed by atoms with E-state index in [9.17, 15) is 0 Å². The Balaban J connectivity index is 0.935. The SMILES string of the molecule is CC1(C)c2ccccc2-c2cc(-c3cccc(N(c4ccc(-c5cccc6c5ccc5ccccc56)cc4)c4cccc(-c5ccc6c(c5)c5ccccc5n6C5C=CC=CC5)c4)c3)ccc21. The molecule has 1 atom stereocenters. The first-order valence-electron chi connectivity index (χ1n) is 23.6. The molecule has 1 unspecified atom stereocenters. The van der Waals surface area contributed by atoms with Gasteiger partial charge in [0.1, 0.15) is 0 Å². The minimum absolute atomic E-state index is 0.0357. The molecule has 67 heavy (non-hydrogen) atoms. The van der Waals surface area contributed by atoms with Crippen LogP contribution < -0.4 is 4.90 Å². The standard InChI is InChI=1S/C65H48N2/c1-65(2)61-27-10-8-23-57(61)59-41-47(32-37-62(59)65)45-16-12-20-51(39-45)66(50-34-29-44(30-35-50)54-25-14-26-55-53-22-7-6-15-43(53)31-36-56(54)55)52-21-13-17-46(40-52)48-33-38-64-60(42-48)58-24-9-11-28-63(58)67(64)49-18-4-3-5-19-49/h3-18,20-42,49H,19H2,1-2H3. The Morgan fingerprint density at radius 2 is 1.03 bits per heavy atom. The Bertz CT molecular complexity index is 3820. The van der Waals surface area contributed by atoms with Crippen molar-refractivity contribution in [1.29, 1.82) is 0 Å². The topological polar surface area (TPSA) is 8.17 Å². The molecule has 13 rings (SSSR count). The summed E-state index contributed by atoms with van der Waals surface area (Å²) >= 11 is 0. The summed E-state index contributed by atoms with van der Waals surface area (Å²) in [6.45, 7) is 4.70. The van der Waals surface area contributed by atoms with E-state index >= 15 is 0 Å². The van der Waals surface area contributed by atoms with E-state index in [4.69, 9.17) is 0 Å². The van der Waals surface area contributed by atoms with Crippen LogP contribution in [-0.4, -0.2) is 4.57 Å². The van der Waals surface area contributed by atoms with Crippen LogP contribution in [0, 0.1) is 0 Å². The second kappa shape index (κ2) is 15.5. The van der Waals surface area contributed by atoms with Crippen molar-refractivity contribution in [2.24, 2.45) is 0 Å². The van der Waals surface area contributed by atoms with Gasteiger partial charge < -0.3 is 9.47 Å². The monoisotopic (exact) mass is 856 g/mol. The molecular formula is C65H48N2. The first kappa shape index (κ1) is 39.2. The van der Waals surface area contributed by atoms with E-state index in [2.05, 4.69) is 260 Å². The summed E-state index contributed by atoms with van der Waals surface area (Å²) in [5, 5.41) is 7.65. The quantitative estimate of drug-likeness (QED) is 0.145. The van der Waals surface area contributed by atoms with Crippen molar-refractivity contribution < 1.29 is 0 Å². The lowest BCUT2D eigenvalue weighted by molar-refractivity contribution is 0.648. The number of para-hydroxylation sites is 1. The second-order valence-electron chi connectivity index (χ2n) is 18.8. The molecule has 0 N–H and O–H groups in total. The summed E-state index contributed by atoms with van der Waals surface area (Å²) in [6, 6.07) is 79.4. The number of aromatic nitrogens is 1. The maximum atomic E-state index is 2.52. The molecule has 11 aromatic rings. The number of allylic oxidation sites excluding steroid dienone is 4. The zero-order chi connectivity index (χ0) is 44.6. The highest BCUT2D eigenvalue weighted by molar-refractivity contribution is 6.12. The third-order valence-electron chi connectivity index (χ3n) is 14.7. The fraction of sp³-hybridized carbons (Fsp3) is 0.0769. The fourth-order valence-corrected chi connectivity index (χ4v) is 11.4. The number of fused-ring (bicyclic) bond motifs is 9. The van der Waals surface area contributed by atoms with Gasteiger partial charge in [-0.3, -0.25) is 0 Å². The summed E-state index contributed by atoms with van der Waals surface area (Å²) in [7, 11) is 0. The number of rotatable bonds is 7. The van der Waals surface area contributed by atoms with Crippen molar-refractivity contribution in [1.82, 2.24) is 4.57 Å². The van der Waals surface area contributed by atoms with Gasteiger partial charge in [-0.2, -0.15) is 0 Å². The van der Waals surface area contributed by atoms with Crippen LogP contribution in [0.1, 0.15) is 37.4 Å². The Hall–Kier alpha value is -8.20. The highest BCUT2D eigenvalue weighted by Crippen LogP contribution is 2.50. The molecule has 0 radical (unpaired) electrons. The molecule has 2 aliphatic carbocycles. The van der Waals surface area contributed by atoms with Crippen LogP contribution in [-0.2, 0) is 5.41 Å². The van der Waals surface area contributed by atoms with Gasteiger partial charge in [-0.1, -0.05) is 190 Å². The van der Waals surface area contributed by atoms with E-state index in [0.29, 0.717) is 0 Å². The number of anilines is 3. The third-order valence-corrected chi connectivity index (χ3v) is 14.7. The molecule has 0 fully saturated rings. The van der Waals surface area contributed by atoms with Crippen molar-refractivity contribution in [3.63, 3.8) is 0 Å². The first-order chi connectivity index (χ1) is 33.0. The molecule has 2 nitrogen and oxygen atoms in total. The van der Waals surface area contributed by atoms with E-state index in [1.54, 1.807) is 0 Å². The molecule has 0 saturated heterocycles. The minimum Gasteiger partial charge on any atom is -0.333 e. The Morgan fingerprint density at radius 3 is 1.84 bits per heavy atom. The second-order valence-corrected chi connectivity index (χ2v) is 18.8. The van der Waals surface area contributed by atoms with E-state index in [1.165, 1.54) is 99.0 Å². The van der Waals surface area contributed by atoms with Crippen LogP contribution in [0.2, 0.25) is 0 Å². The molecule has 318 valence electrons. The summed E-state index contributed by atoms with van der Waals surface area (Å²) in [5.74, 6) is 0. The molecule has 0 bridgehead atoms. The van der Waals surface area contributed by atoms with Crippen LogP contribution in [0.4, 0.5) is 17.1 Å². The van der Waals surface area contributed by atoms with E-state index in [1.807, 2.05) is 0 Å². The average molecular weight is 857 g/mol. The lowest BCUT2D eigenvalue weighted by Crippen LogP contribution is -2.14.